The molecule has 0 bridgehead atoms. The van der Waals surface area contributed by atoms with E-state index in [2.05, 4.69) is 164 Å². The number of benzene rings is 9. The number of nitrogens with two attached hydrogens (primary N) is 1. The molecule has 0 atom stereocenters. The van der Waals surface area contributed by atoms with Crippen molar-refractivity contribution in [3.63, 3.8) is 0 Å². The maximum atomic E-state index is 6.02. The van der Waals surface area contributed by atoms with Gasteiger partial charge in [-0.15, -0.1) is 0 Å². The average Bonchev–Trinajstić information content (AvgIpc) is 3.53. The average molecular weight is 652 g/mol. The van der Waals surface area contributed by atoms with Gasteiger partial charge in [0.05, 0.1) is 0 Å². The van der Waals surface area contributed by atoms with Gasteiger partial charge in [0.2, 0.25) is 0 Å². The van der Waals surface area contributed by atoms with Crippen LogP contribution < -0.4 is 5.73 Å². The van der Waals surface area contributed by atoms with Crippen LogP contribution in [0.15, 0.2) is 176 Å². The quantitative estimate of drug-likeness (QED) is 0.188. The smallest absolute Gasteiger partial charge is 0.0320 e. The largest absolute Gasteiger partial charge is 0.399 e. The fourth-order valence-electron chi connectivity index (χ4n) is 8.15. The van der Waals surface area contributed by atoms with Crippen molar-refractivity contribution in [3.8, 4) is 66.8 Å². The molecule has 9 aromatic rings. The van der Waals surface area contributed by atoms with Crippen LogP contribution in [0.2, 0.25) is 0 Å². The minimum absolute atomic E-state index is 0.791. The van der Waals surface area contributed by atoms with Gasteiger partial charge >= 0.3 is 0 Å². The SMILES string of the molecule is CC.Nc1ccc2cc(-c3ccc(-c4ccc5c6c(cccc46)-c4c-5c(-c5ccccc5)c5ccccc5c4-c4ccccc4)cc3)ccc2c1. The highest BCUT2D eigenvalue weighted by Gasteiger charge is 2.31. The van der Waals surface area contributed by atoms with E-state index in [4.69, 9.17) is 5.73 Å². The summed E-state index contributed by atoms with van der Waals surface area (Å²) in [7, 11) is 0. The second-order valence-electron chi connectivity index (χ2n) is 13.1. The Labute approximate surface area is 299 Å². The molecule has 2 N–H and O–H groups in total. The van der Waals surface area contributed by atoms with Crippen LogP contribution in [0.1, 0.15) is 13.8 Å². The van der Waals surface area contributed by atoms with Gasteiger partial charge < -0.3 is 5.73 Å². The fraction of sp³-hybridized carbons (Fsp3) is 0.0400. The molecule has 0 amide bonds. The Bertz CT molecular complexity index is 2650. The molecule has 0 saturated heterocycles. The van der Waals surface area contributed by atoms with Crippen LogP contribution >= 0.6 is 0 Å². The van der Waals surface area contributed by atoms with Crippen molar-refractivity contribution in [3.05, 3.63) is 176 Å². The number of hydrogen-bond acceptors (Lipinski definition) is 1. The summed E-state index contributed by atoms with van der Waals surface area (Å²) in [5, 5.41) is 7.53. The Morgan fingerprint density at radius 1 is 0.314 bits per heavy atom. The zero-order chi connectivity index (χ0) is 34.5. The number of anilines is 1. The van der Waals surface area contributed by atoms with E-state index in [0.29, 0.717) is 0 Å². The minimum Gasteiger partial charge on any atom is -0.399 e. The summed E-state index contributed by atoms with van der Waals surface area (Å²) in [5.74, 6) is 0. The second kappa shape index (κ2) is 12.5. The van der Waals surface area contributed by atoms with Crippen LogP contribution in [-0.4, -0.2) is 0 Å². The lowest BCUT2D eigenvalue weighted by molar-refractivity contribution is 1.50. The molecule has 0 spiro atoms. The zero-order valence-corrected chi connectivity index (χ0v) is 28.8. The van der Waals surface area contributed by atoms with Gasteiger partial charge in [-0.1, -0.05) is 172 Å². The van der Waals surface area contributed by atoms with Crippen molar-refractivity contribution in [2.24, 2.45) is 0 Å². The number of nitrogen functional groups attached to an aromatic ring is 1. The number of hydrogen-bond donors (Lipinski definition) is 1. The van der Waals surface area contributed by atoms with E-state index < -0.39 is 0 Å². The van der Waals surface area contributed by atoms with Gasteiger partial charge in [0.1, 0.15) is 0 Å². The zero-order valence-electron chi connectivity index (χ0n) is 28.8. The molecule has 1 heteroatoms. The topological polar surface area (TPSA) is 26.0 Å². The van der Waals surface area contributed by atoms with Crippen LogP contribution in [0.25, 0.3) is 99.1 Å². The fourth-order valence-corrected chi connectivity index (χ4v) is 8.15. The maximum Gasteiger partial charge on any atom is 0.0320 e. The third-order valence-electron chi connectivity index (χ3n) is 10.3. The van der Waals surface area contributed by atoms with Crippen molar-refractivity contribution in [1.29, 1.82) is 0 Å². The Morgan fingerprint density at radius 3 is 1.45 bits per heavy atom. The molecule has 242 valence electrons. The molecule has 0 saturated carbocycles. The molecule has 1 nitrogen and oxygen atoms in total. The first kappa shape index (κ1) is 30.6. The predicted octanol–water partition coefficient (Wildman–Crippen LogP) is 14.1. The molecule has 1 aliphatic rings. The number of rotatable bonds is 4. The Morgan fingerprint density at radius 2 is 0.804 bits per heavy atom. The van der Waals surface area contributed by atoms with Gasteiger partial charge in [-0.05, 0) is 117 Å². The predicted molar refractivity (Wildman–Crippen MR) is 221 cm³/mol. The van der Waals surface area contributed by atoms with Crippen LogP contribution in [0.5, 0.6) is 0 Å². The van der Waals surface area contributed by atoms with E-state index >= 15 is 0 Å². The summed E-state index contributed by atoms with van der Waals surface area (Å²) < 4.78 is 0. The molecule has 0 fully saturated rings. The monoisotopic (exact) mass is 651 g/mol. The second-order valence-corrected chi connectivity index (χ2v) is 13.1. The van der Waals surface area contributed by atoms with E-state index in [0.717, 1.165) is 11.1 Å². The van der Waals surface area contributed by atoms with E-state index in [9.17, 15) is 0 Å². The highest BCUT2D eigenvalue weighted by atomic mass is 14.5. The molecular formula is C50H37N. The lowest BCUT2D eigenvalue weighted by Crippen LogP contribution is -1.93. The summed E-state index contributed by atoms with van der Waals surface area (Å²) in [5.41, 5.74) is 22.0. The Hall–Kier alpha value is -6.44. The first-order valence-electron chi connectivity index (χ1n) is 17.9. The minimum atomic E-state index is 0.791. The Kier molecular flexibility index (Phi) is 7.48. The van der Waals surface area contributed by atoms with Crippen molar-refractivity contribution >= 4 is 38.0 Å². The summed E-state index contributed by atoms with van der Waals surface area (Å²) in [4.78, 5) is 0. The van der Waals surface area contributed by atoms with Gasteiger partial charge in [0.15, 0.2) is 0 Å². The first-order chi connectivity index (χ1) is 25.2. The third-order valence-corrected chi connectivity index (χ3v) is 10.3. The van der Waals surface area contributed by atoms with Crippen molar-refractivity contribution in [2.75, 3.05) is 5.73 Å². The van der Waals surface area contributed by atoms with Crippen LogP contribution in [-0.2, 0) is 0 Å². The first-order valence-corrected chi connectivity index (χ1v) is 17.9. The third kappa shape index (κ3) is 4.93. The molecule has 1 aliphatic carbocycles. The standard InChI is InChI=1S/C48H31N.C2H6/c49-37-25-24-35-28-34(22-23-36(35)29-37)30-18-20-31(21-19-30)38-26-27-43-46-39(38)16-9-17-42(46)47-44(32-10-3-1-4-11-32)40-14-7-8-15-41(40)45(48(43)47)33-12-5-2-6-13-33;1-2/h1-29H,49H2;1-2H3. The van der Waals surface area contributed by atoms with Crippen molar-refractivity contribution < 1.29 is 0 Å². The molecular weight excluding hydrogens is 615 g/mol. The summed E-state index contributed by atoms with van der Waals surface area (Å²) in [6.07, 6.45) is 0. The summed E-state index contributed by atoms with van der Waals surface area (Å²) in [6, 6.07) is 64.1. The molecule has 10 rings (SSSR count). The van der Waals surface area contributed by atoms with Crippen LogP contribution in [0.3, 0.4) is 0 Å². The lowest BCUT2D eigenvalue weighted by atomic mass is 9.82. The molecule has 9 aromatic carbocycles. The summed E-state index contributed by atoms with van der Waals surface area (Å²) in [6.45, 7) is 4.00. The van der Waals surface area contributed by atoms with Gasteiger partial charge in [-0.2, -0.15) is 0 Å². The molecule has 0 radical (unpaired) electrons. The van der Waals surface area contributed by atoms with Crippen LogP contribution in [0, 0.1) is 0 Å². The lowest BCUT2D eigenvalue weighted by Gasteiger charge is -2.20. The molecule has 0 unspecified atom stereocenters. The van der Waals surface area contributed by atoms with Crippen molar-refractivity contribution in [1.82, 2.24) is 0 Å². The van der Waals surface area contributed by atoms with Gasteiger partial charge in [0, 0.05) is 5.69 Å². The molecule has 0 aromatic heterocycles. The summed E-state index contributed by atoms with van der Waals surface area (Å²) >= 11 is 0. The van der Waals surface area contributed by atoms with E-state index in [1.165, 1.54) is 93.7 Å². The van der Waals surface area contributed by atoms with Gasteiger partial charge in [-0.3, -0.25) is 0 Å². The molecule has 0 heterocycles. The van der Waals surface area contributed by atoms with Gasteiger partial charge in [0.25, 0.3) is 0 Å². The highest BCUT2D eigenvalue weighted by Crippen LogP contribution is 2.58. The van der Waals surface area contributed by atoms with E-state index in [-0.39, 0.29) is 0 Å². The highest BCUT2D eigenvalue weighted by molar-refractivity contribution is 6.28. The van der Waals surface area contributed by atoms with Gasteiger partial charge in [-0.25, -0.2) is 0 Å². The van der Waals surface area contributed by atoms with E-state index in [1.807, 2.05) is 26.0 Å². The molecule has 51 heavy (non-hydrogen) atoms. The normalized spacial score (nSPS) is 11.4. The maximum absolute atomic E-state index is 6.02. The Balaban J connectivity index is 0.00000171. The number of fused-ring (bicyclic) bond motifs is 5. The van der Waals surface area contributed by atoms with Crippen LogP contribution in [0.4, 0.5) is 5.69 Å². The van der Waals surface area contributed by atoms with E-state index in [1.54, 1.807) is 0 Å². The molecule has 0 aliphatic heterocycles. The van der Waals surface area contributed by atoms with Crippen molar-refractivity contribution in [2.45, 2.75) is 13.8 Å².